The summed E-state index contributed by atoms with van der Waals surface area (Å²) in [5.41, 5.74) is 1.89. The third-order valence-electron chi connectivity index (χ3n) is 3.88. The monoisotopic (exact) mass is 283 g/mol. The van der Waals surface area contributed by atoms with E-state index in [2.05, 4.69) is 0 Å². The van der Waals surface area contributed by atoms with Gasteiger partial charge in [-0.1, -0.05) is 5.57 Å². The summed E-state index contributed by atoms with van der Waals surface area (Å²) in [6.45, 7) is 5.90. The number of hydrogen-bond acceptors (Lipinski definition) is 4. The predicted octanol–water partition coefficient (Wildman–Crippen LogP) is 1.83. The summed E-state index contributed by atoms with van der Waals surface area (Å²) in [6, 6.07) is -0.209. The fourth-order valence-corrected chi connectivity index (χ4v) is 2.90. The van der Waals surface area contributed by atoms with Crippen molar-refractivity contribution >= 4 is 6.09 Å². The van der Waals surface area contributed by atoms with Crippen LogP contribution in [0.15, 0.2) is 11.1 Å². The molecule has 2 atom stereocenters. The number of rotatable bonds is 1. The molecule has 20 heavy (non-hydrogen) atoms. The van der Waals surface area contributed by atoms with Gasteiger partial charge in [0.15, 0.2) is 0 Å². The van der Waals surface area contributed by atoms with Crippen molar-refractivity contribution in [3.05, 3.63) is 11.1 Å². The molecule has 1 aliphatic carbocycles. The van der Waals surface area contributed by atoms with Crippen molar-refractivity contribution in [2.24, 2.45) is 0 Å². The fraction of sp³-hybridized carbons (Fsp3) is 0.800. The Hall–Kier alpha value is -1.07. The Labute approximate surface area is 120 Å². The van der Waals surface area contributed by atoms with E-state index in [-0.39, 0.29) is 24.8 Å². The smallest absolute Gasteiger partial charge is 0.410 e. The Bertz CT molecular complexity index is 411. The lowest BCUT2D eigenvalue weighted by Crippen LogP contribution is -2.49. The number of carbonyl (C=O) groups excluding carboxylic acids is 1. The maximum Gasteiger partial charge on any atom is 0.410 e. The summed E-state index contributed by atoms with van der Waals surface area (Å²) in [5.74, 6) is 0. The summed E-state index contributed by atoms with van der Waals surface area (Å²) in [6.07, 6.45) is 2.28. The Morgan fingerprint density at radius 1 is 1.35 bits per heavy atom. The van der Waals surface area contributed by atoms with Crippen molar-refractivity contribution in [3.8, 4) is 0 Å². The van der Waals surface area contributed by atoms with Crippen LogP contribution in [0, 0.1) is 0 Å². The average Bonchev–Trinajstić information content (AvgIpc) is 2.35. The maximum absolute atomic E-state index is 12.2. The summed E-state index contributed by atoms with van der Waals surface area (Å²) < 4.78 is 5.41. The highest BCUT2D eigenvalue weighted by atomic mass is 16.6. The molecule has 0 radical (unpaired) electrons. The van der Waals surface area contributed by atoms with Crippen LogP contribution in [-0.2, 0) is 4.74 Å². The van der Waals surface area contributed by atoms with Gasteiger partial charge in [-0.2, -0.15) is 0 Å². The van der Waals surface area contributed by atoms with E-state index in [1.54, 1.807) is 4.90 Å². The number of carbonyl (C=O) groups is 1. The summed E-state index contributed by atoms with van der Waals surface area (Å²) in [4.78, 5) is 13.8. The van der Waals surface area contributed by atoms with E-state index in [1.807, 2.05) is 20.8 Å². The highest BCUT2D eigenvalue weighted by Gasteiger charge is 2.35. The molecule has 0 saturated carbocycles. The molecule has 2 rings (SSSR count). The van der Waals surface area contributed by atoms with Gasteiger partial charge in [-0.15, -0.1) is 0 Å². The zero-order valence-corrected chi connectivity index (χ0v) is 12.6. The molecule has 0 aromatic rings. The van der Waals surface area contributed by atoms with Gasteiger partial charge >= 0.3 is 6.09 Å². The summed E-state index contributed by atoms with van der Waals surface area (Å²) >= 11 is 0. The first kappa shape index (κ1) is 15.3. The van der Waals surface area contributed by atoms with Crippen LogP contribution < -0.4 is 0 Å². The van der Waals surface area contributed by atoms with Crippen molar-refractivity contribution in [3.63, 3.8) is 0 Å². The van der Waals surface area contributed by atoms with Crippen LogP contribution in [0.5, 0.6) is 0 Å². The van der Waals surface area contributed by atoms with Crippen molar-refractivity contribution < 1.29 is 19.7 Å². The third kappa shape index (κ3) is 3.52. The van der Waals surface area contributed by atoms with Crippen LogP contribution in [0.2, 0.25) is 0 Å². The molecular formula is C15H25NO4. The van der Waals surface area contributed by atoms with Crippen LogP contribution in [-0.4, -0.2) is 52.1 Å². The zero-order valence-electron chi connectivity index (χ0n) is 12.6. The van der Waals surface area contributed by atoms with Gasteiger partial charge in [-0.3, -0.25) is 4.90 Å². The van der Waals surface area contributed by atoms with E-state index in [0.29, 0.717) is 19.4 Å². The zero-order chi connectivity index (χ0) is 14.9. The highest BCUT2D eigenvalue weighted by molar-refractivity contribution is 5.69. The number of ether oxygens (including phenoxy) is 1. The summed E-state index contributed by atoms with van der Waals surface area (Å²) in [7, 11) is 0. The minimum Gasteiger partial charge on any atom is -0.444 e. The quantitative estimate of drug-likeness (QED) is 0.720. The largest absolute Gasteiger partial charge is 0.444 e. The van der Waals surface area contributed by atoms with E-state index in [4.69, 9.17) is 4.74 Å². The first-order valence-corrected chi connectivity index (χ1v) is 7.28. The molecular weight excluding hydrogens is 258 g/mol. The minimum atomic E-state index is -0.544. The number of aliphatic hydroxyl groups is 2. The van der Waals surface area contributed by atoms with Gasteiger partial charge in [0.05, 0.1) is 18.8 Å². The van der Waals surface area contributed by atoms with Gasteiger partial charge in [0.25, 0.3) is 0 Å². The second-order valence-corrected chi connectivity index (χ2v) is 6.75. The van der Waals surface area contributed by atoms with E-state index >= 15 is 0 Å². The van der Waals surface area contributed by atoms with Crippen LogP contribution in [0.1, 0.15) is 46.5 Å². The Morgan fingerprint density at radius 3 is 2.65 bits per heavy atom. The van der Waals surface area contributed by atoms with E-state index in [9.17, 15) is 15.0 Å². The molecule has 5 nitrogen and oxygen atoms in total. The van der Waals surface area contributed by atoms with Crippen LogP contribution in [0.4, 0.5) is 4.79 Å². The summed E-state index contributed by atoms with van der Waals surface area (Å²) in [5, 5.41) is 19.3. The normalized spacial score (nSPS) is 27.4. The molecule has 2 aliphatic rings. The highest BCUT2D eigenvalue weighted by Crippen LogP contribution is 2.34. The molecule has 1 amide bonds. The van der Waals surface area contributed by atoms with E-state index < -0.39 is 5.60 Å². The van der Waals surface area contributed by atoms with Gasteiger partial charge in [0.1, 0.15) is 5.60 Å². The molecule has 0 aromatic heterocycles. The number of aliphatic hydroxyl groups excluding tert-OH is 2. The lowest BCUT2D eigenvalue weighted by Gasteiger charge is -2.40. The molecule has 0 aromatic carbocycles. The molecule has 5 heteroatoms. The molecule has 0 fully saturated rings. The van der Waals surface area contributed by atoms with Crippen LogP contribution >= 0.6 is 0 Å². The third-order valence-corrected chi connectivity index (χ3v) is 3.88. The molecule has 1 heterocycles. The van der Waals surface area contributed by atoms with Crippen LogP contribution in [0.25, 0.3) is 0 Å². The molecule has 0 spiro atoms. The molecule has 2 N–H and O–H groups in total. The molecule has 114 valence electrons. The van der Waals surface area contributed by atoms with Gasteiger partial charge < -0.3 is 14.9 Å². The number of nitrogens with zero attached hydrogens (tertiary/aromatic N) is 1. The molecule has 0 bridgehead atoms. The first-order valence-electron chi connectivity index (χ1n) is 7.28. The van der Waals surface area contributed by atoms with Crippen molar-refractivity contribution in [1.29, 1.82) is 0 Å². The molecule has 2 unspecified atom stereocenters. The lowest BCUT2D eigenvalue weighted by molar-refractivity contribution is 0.00794. The first-order chi connectivity index (χ1) is 9.30. The Morgan fingerprint density at radius 2 is 2.05 bits per heavy atom. The van der Waals surface area contributed by atoms with E-state index in [1.165, 1.54) is 5.57 Å². The topological polar surface area (TPSA) is 70.0 Å². The van der Waals surface area contributed by atoms with Crippen molar-refractivity contribution in [2.45, 2.75) is 64.2 Å². The van der Waals surface area contributed by atoms with Gasteiger partial charge in [0.2, 0.25) is 0 Å². The second kappa shape index (κ2) is 5.74. The predicted molar refractivity (Wildman–Crippen MR) is 75.3 cm³/mol. The van der Waals surface area contributed by atoms with Crippen molar-refractivity contribution in [1.82, 2.24) is 4.90 Å². The number of amides is 1. The lowest BCUT2D eigenvalue weighted by atomic mass is 9.83. The number of hydrogen-bond donors (Lipinski definition) is 2. The fourth-order valence-electron chi connectivity index (χ4n) is 2.90. The average molecular weight is 283 g/mol. The SMILES string of the molecule is CC(C)(C)OC(=O)N1CC2=C(CCC(O)C2)CC1CO. The van der Waals surface area contributed by atoms with Crippen molar-refractivity contribution in [2.75, 3.05) is 13.2 Å². The Kier molecular flexibility index (Phi) is 4.39. The van der Waals surface area contributed by atoms with Gasteiger partial charge in [0, 0.05) is 6.54 Å². The molecule has 1 aliphatic heterocycles. The maximum atomic E-state index is 12.2. The standard InChI is InChI=1S/C15H25NO4/c1-15(2,3)20-14(19)16-8-11-7-13(18)5-4-10(11)6-12(16)9-17/h12-13,17-18H,4-9H2,1-3H3. The van der Waals surface area contributed by atoms with Gasteiger partial charge in [-0.05, 0) is 52.0 Å². The second-order valence-electron chi connectivity index (χ2n) is 6.75. The van der Waals surface area contributed by atoms with Crippen LogP contribution in [0.3, 0.4) is 0 Å². The Balaban J connectivity index is 2.13. The van der Waals surface area contributed by atoms with Gasteiger partial charge in [-0.25, -0.2) is 4.79 Å². The molecule has 0 saturated heterocycles. The minimum absolute atomic E-state index is 0.0570. The van der Waals surface area contributed by atoms with E-state index in [0.717, 1.165) is 18.4 Å².